The summed E-state index contributed by atoms with van der Waals surface area (Å²) < 4.78 is 0. The van der Waals surface area contributed by atoms with Gasteiger partial charge in [-0.2, -0.15) is 11.3 Å². The van der Waals surface area contributed by atoms with Gasteiger partial charge in [0.15, 0.2) is 0 Å². The highest BCUT2D eigenvalue weighted by atomic mass is 32.1. The summed E-state index contributed by atoms with van der Waals surface area (Å²) in [5, 5.41) is 7.38. The zero-order valence-electron chi connectivity index (χ0n) is 11.2. The maximum atomic E-state index is 12.3. The van der Waals surface area contributed by atoms with Gasteiger partial charge >= 0.3 is 0 Å². The van der Waals surface area contributed by atoms with Gasteiger partial charge in [-0.3, -0.25) is 4.79 Å². The number of hydrogen-bond acceptors (Lipinski definition) is 3. The van der Waals surface area contributed by atoms with E-state index in [1.807, 2.05) is 21.7 Å². The van der Waals surface area contributed by atoms with Crippen molar-refractivity contribution < 1.29 is 4.79 Å². The molecule has 100 valence electrons. The van der Waals surface area contributed by atoms with Gasteiger partial charge < -0.3 is 10.2 Å². The van der Waals surface area contributed by atoms with Crippen molar-refractivity contribution in [3.05, 3.63) is 22.4 Å². The van der Waals surface area contributed by atoms with Crippen LogP contribution in [-0.4, -0.2) is 36.5 Å². The molecule has 3 nitrogen and oxygen atoms in total. The van der Waals surface area contributed by atoms with Crippen LogP contribution in [0.1, 0.15) is 37.0 Å². The zero-order chi connectivity index (χ0) is 13.0. The van der Waals surface area contributed by atoms with Crippen LogP contribution in [0.4, 0.5) is 0 Å². The molecule has 1 aromatic rings. The Bertz CT molecular complexity index is 375. The predicted octanol–water partition coefficient (Wildman–Crippen LogP) is 2.60. The molecule has 0 aromatic carbocycles. The smallest absolute Gasteiger partial charge is 0.254 e. The molecule has 0 spiro atoms. The summed E-state index contributed by atoms with van der Waals surface area (Å²) >= 11 is 1.59. The van der Waals surface area contributed by atoms with Crippen LogP contribution in [0.5, 0.6) is 0 Å². The molecule has 0 aliphatic carbocycles. The molecule has 1 amide bonds. The second kappa shape index (κ2) is 6.34. The van der Waals surface area contributed by atoms with E-state index in [2.05, 4.69) is 19.2 Å². The Kier molecular flexibility index (Phi) is 4.78. The Hall–Kier alpha value is -0.870. The molecule has 0 radical (unpaired) electrons. The normalized spacial score (nSPS) is 20.4. The molecular formula is C14H22N2OS. The van der Waals surface area contributed by atoms with E-state index in [1.165, 1.54) is 6.42 Å². The lowest BCUT2D eigenvalue weighted by atomic mass is 9.97. The van der Waals surface area contributed by atoms with E-state index in [0.29, 0.717) is 12.0 Å². The van der Waals surface area contributed by atoms with Crippen molar-refractivity contribution in [3.8, 4) is 0 Å². The largest absolute Gasteiger partial charge is 0.338 e. The van der Waals surface area contributed by atoms with Gasteiger partial charge in [-0.05, 0) is 36.8 Å². The number of piperidine rings is 1. The van der Waals surface area contributed by atoms with Crippen molar-refractivity contribution in [3.63, 3.8) is 0 Å². The number of nitrogens with zero attached hydrogens (tertiary/aromatic N) is 1. The van der Waals surface area contributed by atoms with Crippen LogP contribution in [0.3, 0.4) is 0 Å². The molecule has 1 unspecified atom stereocenters. The minimum atomic E-state index is 0.200. The summed E-state index contributed by atoms with van der Waals surface area (Å²) in [6.45, 7) is 7.15. The molecule has 1 aromatic heterocycles. The zero-order valence-corrected chi connectivity index (χ0v) is 12.0. The fourth-order valence-electron chi connectivity index (χ4n) is 2.39. The van der Waals surface area contributed by atoms with Crippen LogP contribution >= 0.6 is 11.3 Å². The van der Waals surface area contributed by atoms with Gasteiger partial charge in [-0.25, -0.2) is 0 Å². The molecule has 0 bridgehead atoms. The van der Waals surface area contributed by atoms with Gasteiger partial charge in [0.2, 0.25) is 0 Å². The minimum Gasteiger partial charge on any atom is -0.338 e. The average Bonchev–Trinajstić information content (AvgIpc) is 2.89. The first-order valence-corrected chi connectivity index (χ1v) is 7.66. The quantitative estimate of drug-likeness (QED) is 0.908. The van der Waals surface area contributed by atoms with Crippen molar-refractivity contribution in [2.45, 2.75) is 32.7 Å². The molecule has 0 saturated carbocycles. The Morgan fingerprint density at radius 1 is 1.61 bits per heavy atom. The number of carbonyl (C=O) groups excluding carboxylic acids is 1. The highest BCUT2D eigenvalue weighted by Gasteiger charge is 2.24. The third kappa shape index (κ3) is 3.56. The number of carbonyl (C=O) groups is 1. The van der Waals surface area contributed by atoms with Gasteiger partial charge in [0.25, 0.3) is 5.91 Å². The van der Waals surface area contributed by atoms with E-state index in [0.717, 1.165) is 31.6 Å². The molecule has 1 fully saturated rings. The van der Waals surface area contributed by atoms with E-state index in [9.17, 15) is 4.79 Å². The number of thiophene rings is 1. The highest BCUT2D eigenvalue weighted by molar-refractivity contribution is 7.08. The van der Waals surface area contributed by atoms with E-state index >= 15 is 0 Å². The van der Waals surface area contributed by atoms with Gasteiger partial charge in [-0.15, -0.1) is 0 Å². The predicted molar refractivity (Wildman–Crippen MR) is 76.1 cm³/mol. The Labute approximate surface area is 113 Å². The number of likely N-dealkylation sites (tertiary alicyclic amines) is 1. The van der Waals surface area contributed by atoms with Crippen molar-refractivity contribution in [1.29, 1.82) is 0 Å². The SMILES string of the molecule is CC(C)NCC1CCCN(C(=O)c2ccsc2)C1. The average molecular weight is 266 g/mol. The standard InChI is InChI=1S/C14H22N2OS/c1-11(2)15-8-12-4-3-6-16(9-12)14(17)13-5-7-18-10-13/h5,7,10-12,15H,3-4,6,8-9H2,1-2H3. The fourth-order valence-corrected chi connectivity index (χ4v) is 3.02. The summed E-state index contributed by atoms with van der Waals surface area (Å²) in [7, 11) is 0. The van der Waals surface area contributed by atoms with Crippen LogP contribution < -0.4 is 5.32 Å². The third-order valence-electron chi connectivity index (χ3n) is 3.39. The first kappa shape index (κ1) is 13.6. The van der Waals surface area contributed by atoms with E-state index < -0.39 is 0 Å². The summed E-state index contributed by atoms with van der Waals surface area (Å²) in [5.74, 6) is 0.800. The summed E-state index contributed by atoms with van der Waals surface area (Å²) in [6.07, 6.45) is 2.35. The van der Waals surface area contributed by atoms with E-state index in [4.69, 9.17) is 0 Å². The maximum Gasteiger partial charge on any atom is 0.254 e. The fraction of sp³-hybridized carbons (Fsp3) is 0.643. The molecular weight excluding hydrogens is 244 g/mol. The van der Waals surface area contributed by atoms with Crippen molar-refractivity contribution in [1.82, 2.24) is 10.2 Å². The lowest BCUT2D eigenvalue weighted by Crippen LogP contribution is -2.43. The topological polar surface area (TPSA) is 32.3 Å². The monoisotopic (exact) mass is 266 g/mol. The van der Waals surface area contributed by atoms with Crippen LogP contribution in [0.2, 0.25) is 0 Å². The molecule has 2 rings (SSSR count). The summed E-state index contributed by atoms with van der Waals surface area (Å²) in [6, 6.07) is 2.44. The maximum absolute atomic E-state index is 12.3. The second-order valence-electron chi connectivity index (χ2n) is 5.33. The number of rotatable bonds is 4. The van der Waals surface area contributed by atoms with Gasteiger partial charge in [0.05, 0.1) is 5.56 Å². The number of amides is 1. The van der Waals surface area contributed by atoms with Crippen LogP contribution in [0.25, 0.3) is 0 Å². The molecule has 2 heterocycles. The molecule has 1 saturated heterocycles. The summed E-state index contributed by atoms with van der Waals surface area (Å²) in [4.78, 5) is 14.3. The van der Waals surface area contributed by atoms with Crippen molar-refractivity contribution in [2.75, 3.05) is 19.6 Å². The minimum absolute atomic E-state index is 0.200. The van der Waals surface area contributed by atoms with Gasteiger partial charge in [-0.1, -0.05) is 13.8 Å². The molecule has 1 aliphatic rings. The lowest BCUT2D eigenvalue weighted by molar-refractivity contribution is 0.0673. The molecule has 4 heteroatoms. The van der Waals surface area contributed by atoms with Gasteiger partial charge in [0, 0.05) is 24.5 Å². The van der Waals surface area contributed by atoms with Crippen molar-refractivity contribution >= 4 is 17.2 Å². The molecule has 18 heavy (non-hydrogen) atoms. The first-order chi connectivity index (χ1) is 8.66. The molecule has 1 aliphatic heterocycles. The van der Waals surface area contributed by atoms with Crippen molar-refractivity contribution in [2.24, 2.45) is 5.92 Å². The first-order valence-electron chi connectivity index (χ1n) is 6.71. The Morgan fingerprint density at radius 3 is 3.11 bits per heavy atom. The number of hydrogen-bond donors (Lipinski definition) is 1. The Balaban J connectivity index is 1.88. The van der Waals surface area contributed by atoms with Crippen LogP contribution in [-0.2, 0) is 0 Å². The van der Waals surface area contributed by atoms with E-state index in [-0.39, 0.29) is 5.91 Å². The van der Waals surface area contributed by atoms with Crippen LogP contribution in [0.15, 0.2) is 16.8 Å². The summed E-state index contributed by atoms with van der Waals surface area (Å²) in [5.41, 5.74) is 0.845. The van der Waals surface area contributed by atoms with Crippen LogP contribution in [0, 0.1) is 5.92 Å². The third-order valence-corrected chi connectivity index (χ3v) is 4.07. The highest BCUT2D eigenvalue weighted by Crippen LogP contribution is 2.19. The second-order valence-corrected chi connectivity index (χ2v) is 6.11. The van der Waals surface area contributed by atoms with Gasteiger partial charge in [0.1, 0.15) is 0 Å². The Morgan fingerprint density at radius 2 is 2.44 bits per heavy atom. The number of nitrogens with one attached hydrogen (secondary N) is 1. The molecule has 1 N–H and O–H groups in total. The lowest BCUT2D eigenvalue weighted by Gasteiger charge is -2.33. The molecule has 1 atom stereocenters. The van der Waals surface area contributed by atoms with E-state index in [1.54, 1.807) is 11.3 Å².